The number of benzene rings is 1. The van der Waals surface area contributed by atoms with Gasteiger partial charge in [0.2, 0.25) is 0 Å². The van der Waals surface area contributed by atoms with Crippen molar-refractivity contribution in [2.75, 3.05) is 34.0 Å². The molecule has 0 bridgehead atoms. The Morgan fingerprint density at radius 2 is 2.24 bits per heavy atom. The molecule has 0 aromatic heterocycles. The molecule has 1 N–H and O–H groups in total. The monoisotopic (exact) mass is 313 g/mol. The highest BCUT2D eigenvalue weighted by atomic mass is 32.2. The molecule has 21 heavy (non-hydrogen) atoms. The fraction of sp³-hybridized carbons (Fsp3) is 0.533. The minimum absolute atomic E-state index is 0.262. The lowest BCUT2D eigenvalue weighted by atomic mass is 10.2. The Morgan fingerprint density at radius 3 is 2.76 bits per heavy atom. The molecule has 1 rings (SSSR count). The molecule has 0 saturated carbocycles. The van der Waals surface area contributed by atoms with Crippen LogP contribution in [-0.4, -0.2) is 50.1 Å². The summed E-state index contributed by atoms with van der Waals surface area (Å²) < 4.78 is 18.6. The number of methoxy groups -OCH3 is 1. The smallest absolute Gasteiger partial charge is 0.193 e. The van der Waals surface area contributed by atoms with E-state index in [2.05, 4.69) is 23.5 Å². The average Bonchev–Trinajstić information content (AvgIpc) is 2.47. The zero-order valence-corrected chi connectivity index (χ0v) is 14.1. The summed E-state index contributed by atoms with van der Waals surface area (Å²) in [5.74, 6) is 0.715. The van der Waals surface area contributed by atoms with Crippen LogP contribution >= 0.6 is 11.8 Å². The minimum atomic E-state index is -0.345. The summed E-state index contributed by atoms with van der Waals surface area (Å²) in [6, 6.07) is 4.99. The molecule has 6 heteroatoms. The highest BCUT2D eigenvalue weighted by molar-refractivity contribution is 7.99. The number of rotatable bonds is 6. The molecule has 0 radical (unpaired) electrons. The highest BCUT2D eigenvalue weighted by Crippen LogP contribution is 2.18. The summed E-state index contributed by atoms with van der Waals surface area (Å²) in [7, 11) is 5.14. The SMILES string of the molecule is CN=C(NCC(C)SC)N(C)Cc1ccc(OC)c(F)c1. The van der Waals surface area contributed by atoms with E-state index in [-0.39, 0.29) is 11.6 Å². The number of aliphatic imine (C=N–C) groups is 1. The van der Waals surface area contributed by atoms with Crippen LogP contribution in [0.5, 0.6) is 5.75 Å². The van der Waals surface area contributed by atoms with Crippen molar-refractivity contribution in [3.8, 4) is 5.75 Å². The van der Waals surface area contributed by atoms with Gasteiger partial charge in [-0.2, -0.15) is 11.8 Å². The van der Waals surface area contributed by atoms with Crippen LogP contribution in [-0.2, 0) is 6.54 Å². The second-order valence-corrected chi connectivity index (χ2v) is 6.08. The van der Waals surface area contributed by atoms with Crippen molar-refractivity contribution in [2.24, 2.45) is 4.99 Å². The predicted molar refractivity (Wildman–Crippen MR) is 88.8 cm³/mol. The number of halogens is 1. The van der Waals surface area contributed by atoms with Gasteiger partial charge in [0.05, 0.1) is 7.11 Å². The van der Waals surface area contributed by atoms with E-state index in [0.717, 1.165) is 18.1 Å². The Hall–Kier alpha value is -1.43. The van der Waals surface area contributed by atoms with Gasteiger partial charge >= 0.3 is 0 Å². The second kappa shape index (κ2) is 8.77. The first-order chi connectivity index (χ1) is 10.0. The van der Waals surface area contributed by atoms with E-state index < -0.39 is 0 Å². The zero-order valence-electron chi connectivity index (χ0n) is 13.3. The van der Waals surface area contributed by atoms with E-state index in [1.165, 1.54) is 13.2 Å². The normalized spacial score (nSPS) is 13.0. The molecule has 118 valence electrons. The van der Waals surface area contributed by atoms with Crippen molar-refractivity contribution in [3.05, 3.63) is 29.6 Å². The molecule has 0 amide bonds. The van der Waals surface area contributed by atoms with Gasteiger partial charge in [0.25, 0.3) is 0 Å². The Kier molecular flexibility index (Phi) is 7.36. The number of hydrogen-bond donors (Lipinski definition) is 1. The van der Waals surface area contributed by atoms with Crippen LogP contribution in [0.2, 0.25) is 0 Å². The van der Waals surface area contributed by atoms with Crippen LogP contribution in [0.3, 0.4) is 0 Å². The second-order valence-electron chi connectivity index (χ2n) is 4.80. The third-order valence-electron chi connectivity index (χ3n) is 3.16. The number of ether oxygens (including phenoxy) is 1. The van der Waals surface area contributed by atoms with E-state index in [9.17, 15) is 4.39 Å². The summed E-state index contributed by atoms with van der Waals surface area (Å²) in [6.45, 7) is 3.58. The van der Waals surface area contributed by atoms with Crippen LogP contribution in [0.4, 0.5) is 4.39 Å². The van der Waals surface area contributed by atoms with Crippen LogP contribution in [0, 0.1) is 5.82 Å². The summed E-state index contributed by atoms with van der Waals surface area (Å²) in [5, 5.41) is 3.82. The van der Waals surface area contributed by atoms with E-state index in [1.54, 1.807) is 24.9 Å². The molecule has 1 aromatic carbocycles. The molecule has 0 saturated heterocycles. The van der Waals surface area contributed by atoms with Gasteiger partial charge in [-0.05, 0) is 24.0 Å². The maximum atomic E-state index is 13.7. The first-order valence-electron chi connectivity index (χ1n) is 6.78. The number of guanidine groups is 1. The third-order valence-corrected chi connectivity index (χ3v) is 4.13. The van der Waals surface area contributed by atoms with Crippen molar-refractivity contribution in [3.63, 3.8) is 0 Å². The Labute approximate surface area is 130 Å². The quantitative estimate of drug-likeness (QED) is 0.647. The molecular weight excluding hydrogens is 289 g/mol. The minimum Gasteiger partial charge on any atom is -0.494 e. The van der Waals surface area contributed by atoms with Crippen molar-refractivity contribution >= 4 is 17.7 Å². The van der Waals surface area contributed by atoms with Gasteiger partial charge in [-0.3, -0.25) is 4.99 Å². The largest absolute Gasteiger partial charge is 0.494 e. The first kappa shape index (κ1) is 17.6. The van der Waals surface area contributed by atoms with Crippen molar-refractivity contribution < 1.29 is 9.13 Å². The number of nitrogens with one attached hydrogen (secondary N) is 1. The maximum absolute atomic E-state index is 13.7. The van der Waals surface area contributed by atoms with Crippen molar-refractivity contribution in [2.45, 2.75) is 18.7 Å². The van der Waals surface area contributed by atoms with Crippen LogP contribution in [0.15, 0.2) is 23.2 Å². The third kappa shape index (κ3) is 5.46. The van der Waals surface area contributed by atoms with Gasteiger partial charge in [0.15, 0.2) is 17.5 Å². The molecule has 1 atom stereocenters. The number of hydrogen-bond acceptors (Lipinski definition) is 3. The van der Waals surface area contributed by atoms with Gasteiger partial charge in [0.1, 0.15) is 0 Å². The van der Waals surface area contributed by atoms with Crippen LogP contribution < -0.4 is 10.1 Å². The molecule has 0 spiro atoms. The fourth-order valence-electron chi connectivity index (χ4n) is 1.86. The molecule has 0 heterocycles. The van der Waals surface area contributed by atoms with Crippen molar-refractivity contribution in [1.29, 1.82) is 0 Å². The predicted octanol–water partition coefficient (Wildman–Crippen LogP) is 2.59. The van der Waals surface area contributed by atoms with Gasteiger partial charge in [0, 0.05) is 32.4 Å². The topological polar surface area (TPSA) is 36.9 Å². The van der Waals surface area contributed by atoms with E-state index in [4.69, 9.17) is 4.74 Å². The zero-order chi connectivity index (χ0) is 15.8. The number of nitrogens with zero attached hydrogens (tertiary/aromatic N) is 2. The molecule has 0 aliphatic carbocycles. The van der Waals surface area contributed by atoms with E-state index in [0.29, 0.717) is 11.8 Å². The lowest BCUT2D eigenvalue weighted by Crippen LogP contribution is -2.40. The fourth-order valence-corrected chi connectivity index (χ4v) is 2.11. The molecule has 1 aromatic rings. The number of thioether (sulfide) groups is 1. The van der Waals surface area contributed by atoms with E-state index >= 15 is 0 Å². The lowest BCUT2D eigenvalue weighted by Gasteiger charge is -2.23. The first-order valence-corrected chi connectivity index (χ1v) is 8.07. The summed E-state index contributed by atoms with van der Waals surface area (Å²) >= 11 is 1.80. The molecule has 0 aliphatic rings. The Balaban J connectivity index is 2.65. The molecule has 1 unspecified atom stereocenters. The maximum Gasteiger partial charge on any atom is 0.193 e. The van der Waals surface area contributed by atoms with Gasteiger partial charge < -0.3 is 15.0 Å². The summed E-state index contributed by atoms with van der Waals surface area (Å²) in [4.78, 5) is 6.22. The van der Waals surface area contributed by atoms with Gasteiger partial charge in [-0.1, -0.05) is 13.0 Å². The summed E-state index contributed by atoms with van der Waals surface area (Å²) in [5.41, 5.74) is 0.872. The molecule has 4 nitrogen and oxygen atoms in total. The Morgan fingerprint density at radius 1 is 1.52 bits per heavy atom. The standard InChI is InChI=1S/C15H24FN3OS/c1-11(21-5)9-18-15(17-2)19(3)10-12-6-7-14(20-4)13(16)8-12/h6-8,11H,9-10H2,1-5H3,(H,17,18). The lowest BCUT2D eigenvalue weighted by molar-refractivity contribution is 0.385. The van der Waals surface area contributed by atoms with Crippen LogP contribution in [0.1, 0.15) is 12.5 Å². The van der Waals surface area contributed by atoms with Crippen LogP contribution in [0.25, 0.3) is 0 Å². The van der Waals surface area contributed by atoms with E-state index in [1.807, 2.05) is 18.0 Å². The van der Waals surface area contributed by atoms with Crippen molar-refractivity contribution in [1.82, 2.24) is 10.2 Å². The Bertz CT molecular complexity index is 482. The van der Waals surface area contributed by atoms with Gasteiger partial charge in [-0.15, -0.1) is 0 Å². The highest BCUT2D eigenvalue weighted by Gasteiger charge is 2.10. The average molecular weight is 313 g/mol. The van der Waals surface area contributed by atoms with Gasteiger partial charge in [-0.25, -0.2) is 4.39 Å². The molecule has 0 aliphatic heterocycles. The summed E-state index contributed by atoms with van der Waals surface area (Å²) in [6.07, 6.45) is 2.08. The molecular formula is C15H24FN3OS. The molecule has 0 fully saturated rings.